The largest absolute Gasteiger partial charge is 0.480 e. The summed E-state index contributed by atoms with van der Waals surface area (Å²) >= 11 is 0. The Labute approximate surface area is 107 Å². The minimum atomic E-state index is -1.02. The molecule has 0 aliphatic carbocycles. The van der Waals surface area contributed by atoms with Gasteiger partial charge in [0.25, 0.3) is 5.91 Å². The van der Waals surface area contributed by atoms with Crippen LogP contribution in [0.15, 0.2) is 24.3 Å². The first-order valence-corrected chi connectivity index (χ1v) is 5.83. The maximum Gasteiger partial charge on any atom is 0.326 e. The van der Waals surface area contributed by atoms with Crippen LogP contribution >= 0.6 is 0 Å². The van der Waals surface area contributed by atoms with E-state index in [9.17, 15) is 9.59 Å². The van der Waals surface area contributed by atoms with Gasteiger partial charge in [-0.25, -0.2) is 4.79 Å². The molecule has 4 heteroatoms. The van der Waals surface area contributed by atoms with Gasteiger partial charge in [0.15, 0.2) is 0 Å². The molecule has 0 bridgehead atoms. The third-order valence-electron chi connectivity index (χ3n) is 2.78. The average Bonchev–Trinajstić information content (AvgIpc) is 2.24. The lowest BCUT2D eigenvalue weighted by molar-refractivity contribution is -0.142. The molecule has 4 nitrogen and oxygen atoms in total. The predicted octanol–water partition coefficient (Wildman–Crippen LogP) is 2.22. The van der Waals surface area contributed by atoms with Crippen LogP contribution in [0.4, 0.5) is 0 Å². The number of hydrogen-bond acceptors (Lipinski definition) is 2. The fourth-order valence-corrected chi connectivity index (χ4v) is 1.69. The predicted molar refractivity (Wildman–Crippen MR) is 69.5 cm³/mol. The van der Waals surface area contributed by atoms with Gasteiger partial charge in [0, 0.05) is 5.56 Å². The lowest BCUT2D eigenvalue weighted by Gasteiger charge is -2.27. The molecule has 1 rings (SSSR count). The van der Waals surface area contributed by atoms with E-state index in [4.69, 9.17) is 5.11 Å². The molecule has 0 radical (unpaired) electrons. The topological polar surface area (TPSA) is 66.4 Å². The number of hydrogen-bond donors (Lipinski definition) is 2. The molecule has 0 aliphatic heterocycles. The van der Waals surface area contributed by atoms with Crippen molar-refractivity contribution in [3.63, 3.8) is 0 Å². The Balaban J connectivity index is 2.93. The molecule has 0 aliphatic rings. The number of amides is 1. The summed E-state index contributed by atoms with van der Waals surface area (Å²) in [5.41, 5.74) is 0.797. The second kappa shape index (κ2) is 5.21. The second-order valence-corrected chi connectivity index (χ2v) is 5.43. The summed E-state index contributed by atoms with van der Waals surface area (Å²) in [5.74, 6) is -1.38. The summed E-state index contributed by atoms with van der Waals surface area (Å²) in [5, 5.41) is 11.7. The van der Waals surface area contributed by atoms with E-state index >= 15 is 0 Å². The molecule has 98 valence electrons. The molecule has 1 unspecified atom stereocenters. The number of aliphatic carboxylic acids is 1. The molecule has 0 saturated carbocycles. The summed E-state index contributed by atoms with van der Waals surface area (Å²) in [6.45, 7) is 7.17. The molecule has 2 N–H and O–H groups in total. The number of carboxylic acids is 1. The minimum Gasteiger partial charge on any atom is -0.480 e. The van der Waals surface area contributed by atoms with E-state index < -0.39 is 17.4 Å². The molecule has 0 saturated heterocycles. The van der Waals surface area contributed by atoms with Crippen LogP contribution in [0.25, 0.3) is 0 Å². The highest BCUT2D eigenvalue weighted by atomic mass is 16.4. The highest BCUT2D eigenvalue weighted by Crippen LogP contribution is 2.20. The van der Waals surface area contributed by atoms with Gasteiger partial charge in [-0.05, 0) is 24.0 Å². The van der Waals surface area contributed by atoms with Crippen molar-refractivity contribution in [1.82, 2.24) is 5.32 Å². The number of nitrogens with one attached hydrogen (secondary N) is 1. The van der Waals surface area contributed by atoms with Gasteiger partial charge in [0.1, 0.15) is 6.04 Å². The summed E-state index contributed by atoms with van der Waals surface area (Å²) in [4.78, 5) is 23.2. The molecule has 0 spiro atoms. The van der Waals surface area contributed by atoms with Crippen molar-refractivity contribution in [3.8, 4) is 0 Å². The summed E-state index contributed by atoms with van der Waals surface area (Å²) in [6, 6.07) is 6.19. The Hall–Kier alpha value is -1.84. The van der Waals surface area contributed by atoms with Crippen molar-refractivity contribution in [1.29, 1.82) is 0 Å². The van der Waals surface area contributed by atoms with Gasteiger partial charge in [0.2, 0.25) is 0 Å². The van der Waals surface area contributed by atoms with Crippen LogP contribution in [-0.2, 0) is 4.79 Å². The van der Waals surface area contributed by atoms with Gasteiger partial charge in [-0.15, -0.1) is 0 Å². The zero-order chi connectivity index (χ0) is 13.9. The first-order valence-electron chi connectivity index (χ1n) is 5.83. The van der Waals surface area contributed by atoms with Crippen molar-refractivity contribution in [3.05, 3.63) is 35.4 Å². The number of carboxylic acid groups (broad SMARTS) is 1. The Bertz CT molecular complexity index is 460. The normalized spacial score (nSPS) is 12.9. The molecule has 1 aromatic carbocycles. The molecule has 0 fully saturated rings. The average molecular weight is 249 g/mol. The lowest BCUT2D eigenvalue weighted by Crippen LogP contribution is -2.49. The van der Waals surface area contributed by atoms with E-state index in [1.54, 1.807) is 32.9 Å². The van der Waals surface area contributed by atoms with Crippen molar-refractivity contribution >= 4 is 11.9 Å². The van der Waals surface area contributed by atoms with Gasteiger partial charge in [-0.3, -0.25) is 4.79 Å². The minimum absolute atomic E-state index is 0.351. The van der Waals surface area contributed by atoms with Crippen LogP contribution in [0.2, 0.25) is 0 Å². The van der Waals surface area contributed by atoms with Crippen LogP contribution in [-0.4, -0.2) is 23.0 Å². The highest BCUT2D eigenvalue weighted by molar-refractivity contribution is 5.97. The smallest absolute Gasteiger partial charge is 0.326 e. The van der Waals surface area contributed by atoms with Gasteiger partial charge < -0.3 is 10.4 Å². The van der Waals surface area contributed by atoms with E-state index in [1.807, 2.05) is 19.1 Å². The van der Waals surface area contributed by atoms with Crippen molar-refractivity contribution in [2.24, 2.45) is 5.41 Å². The lowest BCUT2D eigenvalue weighted by atomic mass is 9.86. The molecule has 1 amide bonds. The van der Waals surface area contributed by atoms with E-state index in [-0.39, 0.29) is 5.91 Å². The number of rotatable bonds is 3. The highest BCUT2D eigenvalue weighted by Gasteiger charge is 2.32. The van der Waals surface area contributed by atoms with E-state index in [0.717, 1.165) is 5.56 Å². The fourth-order valence-electron chi connectivity index (χ4n) is 1.69. The number of carbonyl (C=O) groups is 2. The van der Waals surface area contributed by atoms with Crippen molar-refractivity contribution < 1.29 is 14.7 Å². The molecule has 1 aromatic rings. The first kappa shape index (κ1) is 14.2. The van der Waals surface area contributed by atoms with E-state index in [0.29, 0.717) is 5.56 Å². The van der Waals surface area contributed by atoms with Gasteiger partial charge in [0.05, 0.1) is 0 Å². The van der Waals surface area contributed by atoms with Gasteiger partial charge in [-0.1, -0.05) is 39.0 Å². The number of benzene rings is 1. The van der Waals surface area contributed by atoms with Gasteiger partial charge in [-0.2, -0.15) is 0 Å². The van der Waals surface area contributed by atoms with Crippen molar-refractivity contribution in [2.45, 2.75) is 33.7 Å². The Morgan fingerprint density at radius 3 is 2.22 bits per heavy atom. The Morgan fingerprint density at radius 1 is 1.22 bits per heavy atom. The molecule has 1 atom stereocenters. The first-order chi connectivity index (χ1) is 8.23. The molecule has 0 aromatic heterocycles. The molecule has 18 heavy (non-hydrogen) atoms. The van der Waals surface area contributed by atoms with Crippen LogP contribution < -0.4 is 5.32 Å². The van der Waals surface area contributed by atoms with Crippen LogP contribution in [0.5, 0.6) is 0 Å². The monoisotopic (exact) mass is 249 g/mol. The maximum atomic E-state index is 12.1. The maximum absolute atomic E-state index is 12.1. The quantitative estimate of drug-likeness (QED) is 0.863. The van der Waals surface area contributed by atoms with E-state index in [2.05, 4.69) is 5.32 Å². The zero-order valence-electron chi connectivity index (χ0n) is 11.2. The third-order valence-corrected chi connectivity index (χ3v) is 2.78. The number of aryl methyl sites for hydroxylation is 1. The fraction of sp³-hybridized carbons (Fsp3) is 0.429. The van der Waals surface area contributed by atoms with Crippen molar-refractivity contribution in [2.75, 3.05) is 0 Å². The summed E-state index contributed by atoms with van der Waals surface area (Å²) < 4.78 is 0. The van der Waals surface area contributed by atoms with E-state index in [1.165, 1.54) is 0 Å². The van der Waals surface area contributed by atoms with Crippen LogP contribution in [0.3, 0.4) is 0 Å². The third kappa shape index (κ3) is 3.32. The summed E-state index contributed by atoms with van der Waals surface area (Å²) in [7, 11) is 0. The second-order valence-electron chi connectivity index (χ2n) is 5.43. The number of carbonyl (C=O) groups excluding carboxylic acids is 1. The summed E-state index contributed by atoms with van der Waals surface area (Å²) in [6.07, 6.45) is 0. The van der Waals surface area contributed by atoms with Gasteiger partial charge >= 0.3 is 5.97 Å². The molecule has 0 heterocycles. The SMILES string of the molecule is Cc1ccccc1C(=O)NC(C(=O)O)C(C)(C)C. The standard InChI is InChI=1S/C14H19NO3/c1-9-7-5-6-8-10(9)12(16)15-11(13(17)18)14(2,3)4/h5-8,11H,1-4H3,(H,15,16)(H,17,18). The van der Waals surface area contributed by atoms with Crippen LogP contribution in [0, 0.1) is 12.3 Å². The molecular formula is C14H19NO3. The Morgan fingerprint density at radius 2 is 1.78 bits per heavy atom. The Kier molecular flexibility index (Phi) is 4.11. The molecular weight excluding hydrogens is 230 g/mol. The zero-order valence-corrected chi connectivity index (χ0v) is 11.2. The van der Waals surface area contributed by atoms with Crippen LogP contribution in [0.1, 0.15) is 36.7 Å².